The minimum absolute atomic E-state index is 0.168. The van der Waals surface area contributed by atoms with Gasteiger partial charge in [0.15, 0.2) is 5.60 Å². The van der Waals surface area contributed by atoms with Gasteiger partial charge in [-0.3, -0.25) is 14.7 Å². The summed E-state index contributed by atoms with van der Waals surface area (Å²) in [6, 6.07) is 4.56. The average Bonchev–Trinajstić information content (AvgIpc) is 3.14. The molecule has 6 nitrogen and oxygen atoms in total. The van der Waals surface area contributed by atoms with Crippen LogP contribution in [0, 0.1) is 6.92 Å². The molecule has 142 valence electrons. The van der Waals surface area contributed by atoms with Crippen LogP contribution in [0.1, 0.15) is 38.3 Å². The van der Waals surface area contributed by atoms with Crippen LogP contribution >= 0.6 is 0 Å². The van der Waals surface area contributed by atoms with Gasteiger partial charge in [-0.05, 0) is 58.5 Å². The summed E-state index contributed by atoms with van der Waals surface area (Å²) in [5, 5.41) is 3.37. The number of amides is 1. The smallest absolute Gasteiger partial charge is 0.267 e. The number of rotatable bonds is 3. The van der Waals surface area contributed by atoms with E-state index in [-0.39, 0.29) is 11.9 Å². The van der Waals surface area contributed by atoms with Gasteiger partial charge >= 0.3 is 0 Å². The number of carbonyl (C=O) groups is 1. The molecule has 0 aliphatic carbocycles. The Kier molecular flexibility index (Phi) is 4.88. The third kappa shape index (κ3) is 3.09. The second kappa shape index (κ2) is 7.16. The van der Waals surface area contributed by atoms with Crippen LogP contribution in [0.25, 0.3) is 0 Å². The van der Waals surface area contributed by atoms with Crippen molar-refractivity contribution in [2.45, 2.75) is 57.2 Å². The number of piperidine rings is 1. The first-order chi connectivity index (χ1) is 12.6. The molecule has 1 amide bonds. The van der Waals surface area contributed by atoms with Gasteiger partial charge in [0, 0.05) is 44.2 Å². The fraction of sp³-hybridized carbons (Fsp3) is 0.700. The molecule has 0 aromatic carbocycles. The summed E-state index contributed by atoms with van der Waals surface area (Å²) in [6.07, 6.45) is 5.62. The molecule has 3 aliphatic heterocycles. The van der Waals surface area contributed by atoms with E-state index in [0.717, 1.165) is 37.6 Å². The minimum atomic E-state index is -0.770. The van der Waals surface area contributed by atoms with Crippen LogP contribution in [-0.2, 0) is 4.79 Å². The third-order valence-corrected chi connectivity index (χ3v) is 6.42. The number of nitrogens with zero attached hydrogens (tertiary/aromatic N) is 3. The van der Waals surface area contributed by atoms with Crippen LogP contribution in [0.15, 0.2) is 18.3 Å². The predicted octanol–water partition coefficient (Wildman–Crippen LogP) is 1.59. The molecular weight excluding hydrogens is 328 g/mol. The Balaban J connectivity index is 1.59. The van der Waals surface area contributed by atoms with Crippen molar-refractivity contribution in [2.24, 2.45) is 0 Å². The first-order valence-electron chi connectivity index (χ1n) is 9.97. The van der Waals surface area contributed by atoms with Crippen LogP contribution in [0.3, 0.4) is 0 Å². The fourth-order valence-corrected chi connectivity index (χ4v) is 4.85. The lowest BCUT2D eigenvalue weighted by Gasteiger charge is -2.47. The summed E-state index contributed by atoms with van der Waals surface area (Å²) in [5.74, 6) is 0.899. The molecule has 3 fully saturated rings. The zero-order chi connectivity index (χ0) is 18.1. The van der Waals surface area contributed by atoms with Gasteiger partial charge in [-0.2, -0.15) is 0 Å². The largest absolute Gasteiger partial charge is 0.475 e. The van der Waals surface area contributed by atoms with Gasteiger partial charge in [0.1, 0.15) is 5.75 Å². The Bertz CT molecular complexity index is 659. The Morgan fingerprint density at radius 1 is 1.31 bits per heavy atom. The molecule has 4 rings (SSSR count). The number of aromatic nitrogens is 1. The van der Waals surface area contributed by atoms with Gasteiger partial charge in [0.05, 0.1) is 5.69 Å². The van der Waals surface area contributed by atoms with Crippen molar-refractivity contribution in [2.75, 3.05) is 32.7 Å². The molecular formula is C20H30N4O2. The third-order valence-electron chi connectivity index (χ3n) is 6.42. The first-order valence-corrected chi connectivity index (χ1v) is 9.97. The molecule has 0 unspecified atom stereocenters. The molecule has 6 heteroatoms. The highest BCUT2D eigenvalue weighted by molar-refractivity contribution is 5.86. The number of carbonyl (C=O) groups excluding carboxylic acids is 1. The standard InChI is InChI=1S/C20H30N4O2/c1-15-18(6-3-9-22-15)26-20(7-10-21-11-8-20)19(25)24-14-13-23-12-4-5-17(23)16(24)2/h3,6,9,16-17,21H,4-5,7-8,10-14H2,1-2H3/t16-,17+/m1/s1. The topological polar surface area (TPSA) is 57.7 Å². The lowest BCUT2D eigenvalue weighted by Crippen LogP contribution is -2.65. The van der Waals surface area contributed by atoms with Gasteiger partial charge in [0.2, 0.25) is 0 Å². The van der Waals surface area contributed by atoms with E-state index in [0.29, 0.717) is 18.9 Å². The minimum Gasteiger partial charge on any atom is -0.475 e. The molecule has 2 atom stereocenters. The number of pyridine rings is 1. The number of hydrogen-bond donors (Lipinski definition) is 1. The van der Waals surface area contributed by atoms with Crippen LogP contribution in [0.4, 0.5) is 0 Å². The van der Waals surface area contributed by atoms with Gasteiger partial charge < -0.3 is 15.0 Å². The first kappa shape index (κ1) is 17.7. The Morgan fingerprint density at radius 2 is 2.12 bits per heavy atom. The molecule has 26 heavy (non-hydrogen) atoms. The molecule has 0 bridgehead atoms. The zero-order valence-electron chi connectivity index (χ0n) is 15.9. The summed E-state index contributed by atoms with van der Waals surface area (Å²) >= 11 is 0. The van der Waals surface area contributed by atoms with Crippen molar-refractivity contribution >= 4 is 5.91 Å². The molecule has 0 radical (unpaired) electrons. The van der Waals surface area contributed by atoms with E-state index in [1.807, 2.05) is 19.1 Å². The van der Waals surface area contributed by atoms with E-state index < -0.39 is 5.60 Å². The second-order valence-electron chi connectivity index (χ2n) is 7.92. The average molecular weight is 358 g/mol. The maximum Gasteiger partial charge on any atom is 0.267 e. The van der Waals surface area contributed by atoms with Crippen LogP contribution in [0.5, 0.6) is 5.75 Å². The number of piperazine rings is 1. The number of hydrogen-bond acceptors (Lipinski definition) is 5. The lowest BCUT2D eigenvalue weighted by molar-refractivity contribution is -0.157. The van der Waals surface area contributed by atoms with Crippen molar-refractivity contribution in [1.82, 2.24) is 20.1 Å². The summed E-state index contributed by atoms with van der Waals surface area (Å²) in [7, 11) is 0. The van der Waals surface area contributed by atoms with E-state index in [1.165, 1.54) is 19.4 Å². The summed E-state index contributed by atoms with van der Waals surface area (Å²) in [6.45, 7) is 8.74. The van der Waals surface area contributed by atoms with Crippen molar-refractivity contribution in [1.29, 1.82) is 0 Å². The van der Waals surface area contributed by atoms with Gasteiger partial charge in [-0.25, -0.2) is 0 Å². The molecule has 4 heterocycles. The SMILES string of the molecule is Cc1ncccc1OC1(C(=O)N2CCN3CCC[C@H]3[C@H]2C)CCNCC1. The van der Waals surface area contributed by atoms with Crippen LogP contribution in [0.2, 0.25) is 0 Å². The van der Waals surface area contributed by atoms with Crippen molar-refractivity contribution in [3.8, 4) is 5.75 Å². The Labute approximate surface area is 155 Å². The van der Waals surface area contributed by atoms with E-state index in [1.54, 1.807) is 6.20 Å². The van der Waals surface area contributed by atoms with E-state index >= 15 is 0 Å². The predicted molar refractivity (Wildman–Crippen MR) is 100 cm³/mol. The molecule has 1 aromatic heterocycles. The van der Waals surface area contributed by atoms with Crippen molar-refractivity contribution < 1.29 is 9.53 Å². The highest BCUT2D eigenvalue weighted by Gasteiger charge is 2.48. The molecule has 0 saturated carbocycles. The monoisotopic (exact) mass is 358 g/mol. The summed E-state index contributed by atoms with van der Waals surface area (Å²) < 4.78 is 6.44. The summed E-state index contributed by atoms with van der Waals surface area (Å²) in [5.41, 5.74) is 0.0699. The second-order valence-corrected chi connectivity index (χ2v) is 7.92. The van der Waals surface area contributed by atoms with Gasteiger partial charge in [-0.15, -0.1) is 0 Å². The van der Waals surface area contributed by atoms with E-state index in [4.69, 9.17) is 4.74 Å². The zero-order valence-corrected chi connectivity index (χ0v) is 15.9. The maximum absolute atomic E-state index is 13.7. The van der Waals surface area contributed by atoms with Gasteiger partial charge in [-0.1, -0.05) is 0 Å². The Hall–Kier alpha value is -1.66. The van der Waals surface area contributed by atoms with Gasteiger partial charge in [0.25, 0.3) is 5.91 Å². The Morgan fingerprint density at radius 3 is 2.88 bits per heavy atom. The van der Waals surface area contributed by atoms with Crippen molar-refractivity contribution in [3.63, 3.8) is 0 Å². The molecule has 1 N–H and O–H groups in total. The van der Waals surface area contributed by atoms with Crippen LogP contribution < -0.4 is 10.1 Å². The fourth-order valence-electron chi connectivity index (χ4n) is 4.85. The molecule has 3 saturated heterocycles. The summed E-state index contributed by atoms with van der Waals surface area (Å²) in [4.78, 5) is 22.7. The number of ether oxygens (including phenoxy) is 1. The molecule has 1 aromatic rings. The molecule has 3 aliphatic rings. The van der Waals surface area contributed by atoms with E-state index in [9.17, 15) is 4.79 Å². The quantitative estimate of drug-likeness (QED) is 0.889. The highest BCUT2D eigenvalue weighted by Crippen LogP contribution is 2.33. The van der Waals surface area contributed by atoms with E-state index in [2.05, 4.69) is 27.0 Å². The number of fused-ring (bicyclic) bond motifs is 1. The number of aryl methyl sites for hydroxylation is 1. The van der Waals surface area contributed by atoms with Crippen molar-refractivity contribution in [3.05, 3.63) is 24.0 Å². The highest BCUT2D eigenvalue weighted by atomic mass is 16.5. The normalized spacial score (nSPS) is 28.6. The number of nitrogens with one attached hydrogen (secondary N) is 1. The molecule has 0 spiro atoms. The maximum atomic E-state index is 13.7. The lowest BCUT2D eigenvalue weighted by atomic mass is 9.88. The van der Waals surface area contributed by atoms with Crippen LogP contribution in [-0.4, -0.2) is 71.1 Å².